The lowest BCUT2D eigenvalue weighted by atomic mass is 9.98. The third-order valence-corrected chi connectivity index (χ3v) is 5.05. The van der Waals surface area contributed by atoms with Gasteiger partial charge in [-0.1, -0.05) is 0 Å². The van der Waals surface area contributed by atoms with Gasteiger partial charge in [0, 0.05) is 43.7 Å². The van der Waals surface area contributed by atoms with Gasteiger partial charge in [-0.3, -0.25) is 19.5 Å². The van der Waals surface area contributed by atoms with Crippen molar-refractivity contribution in [3.63, 3.8) is 0 Å². The molecule has 3 aromatic heterocycles. The molecule has 0 bridgehead atoms. The fourth-order valence-corrected chi connectivity index (χ4v) is 3.68. The number of aromatic amines is 1. The summed E-state index contributed by atoms with van der Waals surface area (Å²) < 4.78 is 2.81. The van der Waals surface area contributed by atoms with Gasteiger partial charge in [0.2, 0.25) is 5.56 Å². The molecule has 1 unspecified atom stereocenters. The zero-order valence-electron chi connectivity index (χ0n) is 15.3. The number of likely N-dealkylation sites (tertiary alicyclic amines) is 1. The molecule has 8 nitrogen and oxygen atoms in total. The van der Waals surface area contributed by atoms with Crippen molar-refractivity contribution in [1.29, 1.82) is 0 Å². The summed E-state index contributed by atoms with van der Waals surface area (Å²) in [6.07, 6.45) is 4.29. The third kappa shape index (κ3) is 3.07. The zero-order valence-corrected chi connectivity index (χ0v) is 15.3. The molecule has 0 radical (unpaired) electrons. The maximum absolute atomic E-state index is 13.1. The second-order valence-corrected chi connectivity index (χ2v) is 7.02. The standard InChI is InChI=1S/C19H21N5O3/c1-12-9-18(26)24-16(20-12)10-14(21-24)15-5-3-4-8-23(15)19(27)13-6-7-17(25)22(2)11-13/h6-7,9-11,15,21H,3-5,8H2,1-2H3. The van der Waals surface area contributed by atoms with Crippen LogP contribution in [0.25, 0.3) is 5.65 Å². The van der Waals surface area contributed by atoms with E-state index in [9.17, 15) is 14.4 Å². The number of H-pyrrole nitrogens is 1. The van der Waals surface area contributed by atoms with Crippen LogP contribution in [0.1, 0.15) is 47.1 Å². The lowest BCUT2D eigenvalue weighted by molar-refractivity contribution is 0.0604. The molecule has 1 N–H and O–H groups in total. The van der Waals surface area contributed by atoms with Crippen molar-refractivity contribution >= 4 is 11.6 Å². The minimum atomic E-state index is -0.171. The zero-order chi connectivity index (χ0) is 19.1. The molecule has 1 fully saturated rings. The van der Waals surface area contributed by atoms with Crippen LogP contribution in [-0.2, 0) is 7.05 Å². The Morgan fingerprint density at radius 3 is 2.78 bits per heavy atom. The molecule has 4 heterocycles. The number of carbonyl (C=O) groups excluding carboxylic acids is 1. The van der Waals surface area contributed by atoms with E-state index in [4.69, 9.17) is 0 Å². The Morgan fingerprint density at radius 1 is 1.19 bits per heavy atom. The summed E-state index contributed by atoms with van der Waals surface area (Å²) in [5, 5.41) is 3.11. The fourth-order valence-electron chi connectivity index (χ4n) is 3.68. The number of aryl methyl sites for hydroxylation is 2. The highest BCUT2D eigenvalue weighted by Gasteiger charge is 2.30. The van der Waals surface area contributed by atoms with Crippen LogP contribution in [0, 0.1) is 6.92 Å². The average molecular weight is 367 g/mol. The van der Waals surface area contributed by atoms with E-state index in [0.717, 1.165) is 25.0 Å². The van der Waals surface area contributed by atoms with E-state index in [1.54, 1.807) is 26.2 Å². The number of piperidine rings is 1. The highest BCUT2D eigenvalue weighted by molar-refractivity contribution is 5.94. The van der Waals surface area contributed by atoms with Gasteiger partial charge in [-0.15, -0.1) is 0 Å². The number of nitrogens with zero attached hydrogens (tertiary/aromatic N) is 4. The number of rotatable bonds is 2. The lowest BCUT2D eigenvalue weighted by Gasteiger charge is -2.35. The number of carbonyl (C=O) groups is 1. The van der Waals surface area contributed by atoms with Crippen LogP contribution in [0.15, 0.2) is 40.1 Å². The summed E-state index contributed by atoms with van der Waals surface area (Å²) >= 11 is 0. The molecule has 0 spiro atoms. The van der Waals surface area contributed by atoms with E-state index in [1.807, 2.05) is 11.0 Å². The molecule has 1 saturated heterocycles. The first kappa shape index (κ1) is 17.3. The summed E-state index contributed by atoms with van der Waals surface area (Å²) in [6.45, 7) is 2.41. The van der Waals surface area contributed by atoms with Crippen molar-refractivity contribution in [2.75, 3.05) is 6.54 Å². The largest absolute Gasteiger partial charge is 0.330 e. The van der Waals surface area contributed by atoms with Crippen LogP contribution in [-0.4, -0.2) is 36.5 Å². The summed E-state index contributed by atoms with van der Waals surface area (Å²) in [7, 11) is 1.63. The van der Waals surface area contributed by atoms with Gasteiger partial charge in [0.05, 0.1) is 17.3 Å². The molecular weight excluding hydrogens is 346 g/mol. The molecule has 3 aromatic rings. The molecule has 27 heavy (non-hydrogen) atoms. The van der Waals surface area contributed by atoms with Gasteiger partial charge in [0.1, 0.15) is 0 Å². The Hall–Kier alpha value is -3.16. The fraction of sp³-hybridized carbons (Fsp3) is 0.368. The molecule has 1 amide bonds. The number of hydrogen-bond donors (Lipinski definition) is 1. The number of fused-ring (bicyclic) bond motifs is 1. The Labute approximate surface area is 155 Å². The van der Waals surface area contributed by atoms with E-state index in [1.165, 1.54) is 21.2 Å². The van der Waals surface area contributed by atoms with Gasteiger partial charge in [-0.25, -0.2) is 9.50 Å². The van der Waals surface area contributed by atoms with Gasteiger partial charge in [-0.05, 0) is 32.3 Å². The number of hydrogen-bond acceptors (Lipinski definition) is 4. The molecule has 8 heteroatoms. The van der Waals surface area contributed by atoms with Crippen LogP contribution < -0.4 is 11.1 Å². The topological polar surface area (TPSA) is 92.5 Å². The van der Waals surface area contributed by atoms with E-state index in [2.05, 4.69) is 10.1 Å². The molecule has 140 valence electrons. The maximum atomic E-state index is 13.1. The predicted molar refractivity (Wildman–Crippen MR) is 99.9 cm³/mol. The first-order valence-electron chi connectivity index (χ1n) is 9.01. The summed E-state index contributed by atoms with van der Waals surface area (Å²) in [5.74, 6) is -0.120. The third-order valence-electron chi connectivity index (χ3n) is 5.05. The number of aromatic nitrogens is 4. The van der Waals surface area contributed by atoms with Crippen molar-refractivity contribution in [3.8, 4) is 0 Å². The summed E-state index contributed by atoms with van der Waals surface area (Å²) in [6, 6.07) is 6.12. The van der Waals surface area contributed by atoms with Gasteiger partial charge in [-0.2, -0.15) is 0 Å². The smallest absolute Gasteiger partial charge is 0.272 e. The summed E-state index contributed by atoms with van der Waals surface area (Å²) in [5.41, 5.74) is 2.16. The van der Waals surface area contributed by atoms with Crippen molar-refractivity contribution in [2.24, 2.45) is 7.05 Å². The van der Waals surface area contributed by atoms with Crippen LogP contribution in [0.2, 0.25) is 0 Å². The highest BCUT2D eigenvalue weighted by Crippen LogP contribution is 2.31. The Bertz CT molecular complexity index is 1140. The van der Waals surface area contributed by atoms with Crippen molar-refractivity contribution in [1.82, 2.24) is 24.1 Å². The molecule has 4 rings (SSSR count). The molecule has 1 aliphatic rings. The van der Waals surface area contributed by atoms with Crippen LogP contribution in [0.4, 0.5) is 0 Å². The lowest BCUT2D eigenvalue weighted by Crippen LogP contribution is -2.39. The normalized spacial score (nSPS) is 17.4. The minimum Gasteiger partial charge on any atom is -0.330 e. The Kier molecular flexibility index (Phi) is 4.18. The van der Waals surface area contributed by atoms with Crippen LogP contribution >= 0.6 is 0 Å². The van der Waals surface area contributed by atoms with E-state index in [0.29, 0.717) is 23.4 Å². The predicted octanol–water partition coefficient (Wildman–Crippen LogP) is 1.40. The van der Waals surface area contributed by atoms with E-state index in [-0.39, 0.29) is 23.1 Å². The SMILES string of the molecule is Cc1cc(=O)n2[nH]c(C3CCCCN3C(=O)c3ccc(=O)n(C)c3)cc2n1. The number of nitrogens with one attached hydrogen (secondary N) is 1. The molecule has 1 aliphatic heterocycles. The molecule has 1 atom stereocenters. The van der Waals surface area contributed by atoms with E-state index >= 15 is 0 Å². The Morgan fingerprint density at radius 2 is 2.00 bits per heavy atom. The molecular formula is C19H21N5O3. The number of pyridine rings is 1. The molecule has 0 saturated carbocycles. The van der Waals surface area contributed by atoms with Crippen LogP contribution in [0.3, 0.4) is 0 Å². The molecule has 0 aromatic carbocycles. The monoisotopic (exact) mass is 367 g/mol. The van der Waals surface area contributed by atoms with Gasteiger partial charge < -0.3 is 9.47 Å². The minimum absolute atomic E-state index is 0.120. The van der Waals surface area contributed by atoms with Crippen molar-refractivity contribution in [2.45, 2.75) is 32.2 Å². The van der Waals surface area contributed by atoms with Crippen molar-refractivity contribution < 1.29 is 4.79 Å². The first-order valence-corrected chi connectivity index (χ1v) is 9.01. The second kappa shape index (κ2) is 6.53. The van der Waals surface area contributed by atoms with Gasteiger partial charge in [0.25, 0.3) is 11.5 Å². The Balaban J connectivity index is 1.73. The quantitative estimate of drug-likeness (QED) is 0.741. The second-order valence-electron chi connectivity index (χ2n) is 7.02. The summed E-state index contributed by atoms with van der Waals surface area (Å²) in [4.78, 5) is 43.1. The van der Waals surface area contributed by atoms with Gasteiger partial charge in [0.15, 0.2) is 5.65 Å². The average Bonchev–Trinajstić information content (AvgIpc) is 3.07. The number of amides is 1. The van der Waals surface area contributed by atoms with Crippen molar-refractivity contribution in [3.05, 3.63) is 68.1 Å². The first-order chi connectivity index (χ1) is 12.9. The van der Waals surface area contributed by atoms with Crippen LogP contribution in [0.5, 0.6) is 0 Å². The van der Waals surface area contributed by atoms with Gasteiger partial charge >= 0.3 is 0 Å². The van der Waals surface area contributed by atoms with E-state index < -0.39 is 0 Å². The molecule has 0 aliphatic carbocycles. The highest BCUT2D eigenvalue weighted by atomic mass is 16.2. The maximum Gasteiger partial charge on any atom is 0.272 e.